The van der Waals surface area contributed by atoms with Crippen LogP contribution in [0.5, 0.6) is 0 Å². The molecule has 1 aliphatic heterocycles. The van der Waals surface area contributed by atoms with E-state index in [1.807, 2.05) is 12.1 Å². The topological polar surface area (TPSA) is 44.0 Å². The molecule has 2 nitrogen and oxygen atoms in total. The molecule has 0 unspecified atom stereocenters. The van der Waals surface area contributed by atoms with Gasteiger partial charge in [0.05, 0.1) is 17.2 Å². The Labute approximate surface area is 93.9 Å². The molecule has 0 aromatic heterocycles. The third-order valence-electron chi connectivity index (χ3n) is 2.77. The molecule has 2 rings (SSSR count). The number of rotatable bonds is 1. The van der Waals surface area contributed by atoms with Crippen LogP contribution in [-0.4, -0.2) is 16.6 Å². The SMILES string of the molecule is N#Cc1ccc([C@]2(O)CCCSC2)cc1. The third kappa shape index (κ3) is 2.17. The summed E-state index contributed by atoms with van der Waals surface area (Å²) in [5.41, 5.74) is 0.899. The van der Waals surface area contributed by atoms with Crippen molar-refractivity contribution in [1.29, 1.82) is 5.26 Å². The zero-order valence-electron chi connectivity index (χ0n) is 8.44. The summed E-state index contributed by atoms with van der Waals surface area (Å²) < 4.78 is 0. The molecule has 1 heterocycles. The Morgan fingerprint density at radius 1 is 1.33 bits per heavy atom. The summed E-state index contributed by atoms with van der Waals surface area (Å²) in [7, 11) is 0. The van der Waals surface area contributed by atoms with E-state index in [-0.39, 0.29) is 0 Å². The molecule has 1 aliphatic rings. The van der Waals surface area contributed by atoms with E-state index in [1.54, 1.807) is 23.9 Å². The van der Waals surface area contributed by atoms with Crippen molar-refractivity contribution < 1.29 is 5.11 Å². The van der Waals surface area contributed by atoms with Gasteiger partial charge in [0.15, 0.2) is 0 Å². The number of thioether (sulfide) groups is 1. The maximum atomic E-state index is 10.4. The van der Waals surface area contributed by atoms with Crippen molar-refractivity contribution in [3.8, 4) is 6.07 Å². The van der Waals surface area contributed by atoms with E-state index >= 15 is 0 Å². The van der Waals surface area contributed by atoms with Gasteiger partial charge in [0.1, 0.15) is 0 Å². The summed E-state index contributed by atoms with van der Waals surface area (Å²) in [5.74, 6) is 1.90. The van der Waals surface area contributed by atoms with Gasteiger partial charge < -0.3 is 5.11 Å². The van der Waals surface area contributed by atoms with Crippen molar-refractivity contribution in [2.24, 2.45) is 0 Å². The molecular weight excluding hydrogens is 206 g/mol. The molecule has 3 heteroatoms. The first kappa shape index (κ1) is 10.5. The van der Waals surface area contributed by atoms with Crippen molar-refractivity contribution in [2.75, 3.05) is 11.5 Å². The van der Waals surface area contributed by atoms with Gasteiger partial charge in [-0.15, -0.1) is 0 Å². The predicted molar refractivity (Wildman–Crippen MR) is 61.6 cm³/mol. The summed E-state index contributed by atoms with van der Waals surface area (Å²) in [6.07, 6.45) is 1.88. The minimum atomic E-state index is -0.684. The molecule has 0 bridgehead atoms. The van der Waals surface area contributed by atoms with Crippen molar-refractivity contribution in [2.45, 2.75) is 18.4 Å². The van der Waals surface area contributed by atoms with Crippen LogP contribution in [0.2, 0.25) is 0 Å². The van der Waals surface area contributed by atoms with Gasteiger partial charge in [0, 0.05) is 5.75 Å². The number of aliphatic hydroxyl groups is 1. The van der Waals surface area contributed by atoms with Crippen molar-refractivity contribution in [1.82, 2.24) is 0 Å². The van der Waals surface area contributed by atoms with Crippen LogP contribution in [0.15, 0.2) is 24.3 Å². The first-order valence-electron chi connectivity index (χ1n) is 5.05. The van der Waals surface area contributed by atoms with Crippen LogP contribution in [0, 0.1) is 11.3 Å². The van der Waals surface area contributed by atoms with Gasteiger partial charge >= 0.3 is 0 Å². The van der Waals surface area contributed by atoms with Gasteiger partial charge in [-0.05, 0) is 36.3 Å². The van der Waals surface area contributed by atoms with E-state index in [0.29, 0.717) is 5.56 Å². The molecule has 15 heavy (non-hydrogen) atoms. The number of hydrogen-bond acceptors (Lipinski definition) is 3. The van der Waals surface area contributed by atoms with Gasteiger partial charge in [-0.2, -0.15) is 17.0 Å². The molecule has 1 aromatic rings. The average molecular weight is 219 g/mol. The second-order valence-corrected chi connectivity index (χ2v) is 4.98. The first-order valence-corrected chi connectivity index (χ1v) is 6.21. The lowest BCUT2D eigenvalue weighted by atomic mass is 9.90. The Hall–Kier alpha value is -0.980. The minimum absolute atomic E-state index is 0.644. The monoisotopic (exact) mass is 219 g/mol. The van der Waals surface area contributed by atoms with Gasteiger partial charge in [0.25, 0.3) is 0 Å². The summed E-state index contributed by atoms with van der Waals surface area (Å²) in [6, 6.07) is 9.35. The molecule has 78 valence electrons. The van der Waals surface area contributed by atoms with Crippen LogP contribution in [0.1, 0.15) is 24.0 Å². The van der Waals surface area contributed by atoms with Crippen molar-refractivity contribution >= 4 is 11.8 Å². The van der Waals surface area contributed by atoms with E-state index in [9.17, 15) is 5.11 Å². The second kappa shape index (κ2) is 4.26. The molecule has 0 saturated carbocycles. The zero-order valence-corrected chi connectivity index (χ0v) is 9.26. The van der Waals surface area contributed by atoms with Crippen LogP contribution in [0.4, 0.5) is 0 Å². The lowest BCUT2D eigenvalue weighted by Crippen LogP contribution is -2.31. The molecule has 0 aliphatic carbocycles. The quantitative estimate of drug-likeness (QED) is 0.788. The van der Waals surface area contributed by atoms with Crippen LogP contribution in [-0.2, 0) is 5.60 Å². The molecule has 0 radical (unpaired) electrons. The third-order valence-corrected chi connectivity index (χ3v) is 4.03. The van der Waals surface area contributed by atoms with Gasteiger partial charge in [-0.3, -0.25) is 0 Å². The summed E-state index contributed by atoms with van der Waals surface area (Å²) in [6.45, 7) is 0. The maximum absolute atomic E-state index is 10.4. The molecule has 1 N–H and O–H groups in total. The highest BCUT2D eigenvalue weighted by molar-refractivity contribution is 7.99. The van der Waals surface area contributed by atoms with Crippen LogP contribution in [0.25, 0.3) is 0 Å². The normalized spacial score (nSPS) is 25.9. The number of nitrogens with zero attached hydrogens (tertiary/aromatic N) is 1. The summed E-state index contributed by atoms with van der Waals surface area (Å²) >= 11 is 1.79. The fourth-order valence-electron chi connectivity index (χ4n) is 1.86. The zero-order chi connectivity index (χ0) is 10.7. The van der Waals surface area contributed by atoms with Crippen molar-refractivity contribution in [3.63, 3.8) is 0 Å². The van der Waals surface area contributed by atoms with E-state index in [4.69, 9.17) is 5.26 Å². The minimum Gasteiger partial charge on any atom is -0.384 e. The second-order valence-electron chi connectivity index (χ2n) is 3.88. The number of benzene rings is 1. The highest BCUT2D eigenvalue weighted by atomic mass is 32.2. The molecule has 1 aromatic carbocycles. The smallest absolute Gasteiger partial charge is 0.0991 e. The Morgan fingerprint density at radius 2 is 2.07 bits per heavy atom. The van der Waals surface area contributed by atoms with Crippen LogP contribution in [0.3, 0.4) is 0 Å². The van der Waals surface area contributed by atoms with Crippen LogP contribution >= 0.6 is 11.8 Å². The fraction of sp³-hybridized carbons (Fsp3) is 0.417. The standard InChI is InChI=1S/C12H13NOS/c13-8-10-2-4-11(5-3-10)12(14)6-1-7-15-9-12/h2-5,14H,1,6-7,9H2/t12-/m0/s1. The highest BCUT2D eigenvalue weighted by Gasteiger charge is 2.31. The summed E-state index contributed by atoms with van der Waals surface area (Å²) in [4.78, 5) is 0. The van der Waals surface area contributed by atoms with Gasteiger partial charge in [-0.25, -0.2) is 0 Å². The molecule has 0 spiro atoms. The maximum Gasteiger partial charge on any atom is 0.0991 e. The van der Waals surface area contributed by atoms with E-state index < -0.39 is 5.60 Å². The lowest BCUT2D eigenvalue weighted by Gasteiger charge is -2.32. The van der Waals surface area contributed by atoms with Crippen LogP contribution < -0.4 is 0 Å². The van der Waals surface area contributed by atoms with E-state index in [2.05, 4.69) is 6.07 Å². The number of nitriles is 1. The first-order chi connectivity index (χ1) is 7.24. The van der Waals surface area contributed by atoms with Crippen molar-refractivity contribution in [3.05, 3.63) is 35.4 Å². The molecule has 1 saturated heterocycles. The van der Waals surface area contributed by atoms with E-state index in [0.717, 1.165) is 29.9 Å². The predicted octanol–water partition coefficient (Wildman–Crippen LogP) is 2.27. The average Bonchev–Trinajstić information content (AvgIpc) is 2.30. The number of hydrogen-bond donors (Lipinski definition) is 1. The largest absolute Gasteiger partial charge is 0.384 e. The van der Waals surface area contributed by atoms with E-state index in [1.165, 1.54) is 0 Å². The molecular formula is C12H13NOS. The lowest BCUT2D eigenvalue weighted by molar-refractivity contribution is 0.0495. The van der Waals surface area contributed by atoms with Gasteiger partial charge in [0.2, 0.25) is 0 Å². The Kier molecular flexibility index (Phi) is 2.99. The molecule has 1 fully saturated rings. The molecule has 1 atom stereocenters. The fourth-order valence-corrected chi connectivity index (χ4v) is 3.00. The Balaban J connectivity index is 2.24. The summed E-state index contributed by atoms with van der Waals surface area (Å²) in [5, 5.41) is 19.1. The Morgan fingerprint density at radius 3 is 2.60 bits per heavy atom. The highest BCUT2D eigenvalue weighted by Crippen LogP contribution is 2.35. The molecule has 0 amide bonds. The van der Waals surface area contributed by atoms with Gasteiger partial charge in [-0.1, -0.05) is 12.1 Å². The Bertz CT molecular complexity index is 374.